The van der Waals surface area contributed by atoms with Crippen LogP contribution in [0.25, 0.3) is 0 Å². The molecule has 0 atom stereocenters. The number of carbonyl (C=O) groups excluding carboxylic acids is 1. The molecule has 0 amide bonds. The van der Waals surface area contributed by atoms with E-state index < -0.39 is 10.0 Å². The fourth-order valence-electron chi connectivity index (χ4n) is 0.203. The van der Waals surface area contributed by atoms with Crippen molar-refractivity contribution in [2.75, 3.05) is 12.9 Å². The van der Waals surface area contributed by atoms with Gasteiger partial charge in [-0.3, -0.25) is 4.79 Å². The second kappa shape index (κ2) is 6.11. The van der Waals surface area contributed by atoms with Crippen LogP contribution in [0, 0.1) is 0 Å². The zero-order chi connectivity index (χ0) is 9.49. The van der Waals surface area contributed by atoms with E-state index in [1.54, 1.807) is 6.92 Å². The molecule has 0 spiro atoms. The zero-order valence-corrected chi connectivity index (χ0v) is 7.64. The van der Waals surface area contributed by atoms with Crippen molar-refractivity contribution in [2.45, 2.75) is 13.8 Å². The van der Waals surface area contributed by atoms with Crippen molar-refractivity contribution in [2.24, 2.45) is 5.14 Å². The normalized spacial score (nSPS) is 9.45. The van der Waals surface area contributed by atoms with E-state index in [1.807, 2.05) is 0 Å². The van der Waals surface area contributed by atoms with Gasteiger partial charge in [-0.25, -0.2) is 13.6 Å². The van der Waals surface area contributed by atoms with Gasteiger partial charge in [0.05, 0.1) is 12.9 Å². The fraction of sp³-hybridized carbons (Fsp3) is 0.800. The van der Waals surface area contributed by atoms with Gasteiger partial charge in [0.25, 0.3) is 0 Å². The van der Waals surface area contributed by atoms with Crippen molar-refractivity contribution < 1.29 is 17.9 Å². The maximum atomic E-state index is 9.82. The lowest BCUT2D eigenvalue weighted by atomic mass is 10.8. The van der Waals surface area contributed by atoms with E-state index in [2.05, 4.69) is 9.88 Å². The first kappa shape index (κ1) is 13.0. The molecule has 0 rings (SSSR count). The summed E-state index contributed by atoms with van der Waals surface area (Å²) in [7, 11) is -3.17. The maximum Gasteiger partial charge on any atom is 0.302 e. The molecular formula is C5H13NO4S. The molecule has 11 heavy (non-hydrogen) atoms. The quantitative estimate of drug-likeness (QED) is 0.554. The molecular weight excluding hydrogens is 170 g/mol. The molecule has 68 valence electrons. The standard InChI is InChI=1S/C4H8O2.CH5NO2S/c1-3-6-4(2)5;1-5(2,3)4/h3H2,1-2H3;1H3,(H2,2,3,4). The molecule has 0 radical (unpaired) electrons. The smallest absolute Gasteiger partial charge is 0.302 e. The van der Waals surface area contributed by atoms with E-state index >= 15 is 0 Å². The first-order chi connectivity index (χ1) is 4.77. The molecule has 0 aliphatic carbocycles. The van der Waals surface area contributed by atoms with Gasteiger partial charge in [0.1, 0.15) is 0 Å². The van der Waals surface area contributed by atoms with Gasteiger partial charge >= 0.3 is 5.97 Å². The Morgan fingerprint density at radius 2 is 1.82 bits per heavy atom. The van der Waals surface area contributed by atoms with E-state index in [0.29, 0.717) is 6.61 Å². The molecule has 0 aliphatic heterocycles. The van der Waals surface area contributed by atoms with Crippen molar-refractivity contribution in [3.05, 3.63) is 0 Å². The number of hydrogen-bond donors (Lipinski definition) is 1. The highest BCUT2D eigenvalue weighted by molar-refractivity contribution is 7.88. The van der Waals surface area contributed by atoms with Crippen LogP contribution in [0.1, 0.15) is 13.8 Å². The minimum Gasteiger partial charge on any atom is -0.466 e. The predicted octanol–water partition coefficient (Wildman–Crippen LogP) is -0.526. The molecule has 0 saturated heterocycles. The lowest BCUT2D eigenvalue weighted by Gasteiger charge is -1.89. The van der Waals surface area contributed by atoms with E-state index in [9.17, 15) is 13.2 Å². The van der Waals surface area contributed by atoms with Crippen LogP contribution in [0.5, 0.6) is 0 Å². The number of primary sulfonamides is 1. The molecule has 0 fully saturated rings. The van der Waals surface area contributed by atoms with Gasteiger partial charge in [0, 0.05) is 6.92 Å². The average molecular weight is 183 g/mol. The Bertz CT molecular complexity index is 189. The third-order valence-electron chi connectivity index (χ3n) is 0.348. The summed E-state index contributed by atoms with van der Waals surface area (Å²) in [6.45, 7) is 3.65. The van der Waals surface area contributed by atoms with Crippen LogP contribution in [0.4, 0.5) is 0 Å². The van der Waals surface area contributed by atoms with E-state index in [1.165, 1.54) is 6.92 Å². The molecule has 6 heteroatoms. The van der Waals surface area contributed by atoms with Crippen LogP contribution in [-0.4, -0.2) is 27.2 Å². The number of ether oxygens (including phenoxy) is 1. The van der Waals surface area contributed by atoms with Crippen LogP contribution in [0.3, 0.4) is 0 Å². The van der Waals surface area contributed by atoms with Crippen molar-refractivity contribution in [3.63, 3.8) is 0 Å². The highest BCUT2D eigenvalue weighted by atomic mass is 32.2. The summed E-state index contributed by atoms with van der Waals surface area (Å²) >= 11 is 0. The van der Waals surface area contributed by atoms with Crippen LogP contribution < -0.4 is 5.14 Å². The molecule has 2 N–H and O–H groups in total. The van der Waals surface area contributed by atoms with E-state index in [0.717, 1.165) is 6.26 Å². The first-order valence-electron chi connectivity index (χ1n) is 2.88. The highest BCUT2D eigenvalue weighted by Crippen LogP contribution is 1.69. The fourth-order valence-corrected chi connectivity index (χ4v) is 0.203. The van der Waals surface area contributed by atoms with Crippen LogP contribution in [0.15, 0.2) is 0 Å². The lowest BCUT2D eigenvalue weighted by Crippen LogP contribution is -2.07. The van der Waals surface area contributed by atoms with Crippen LogP contribution in [0.2, 0.25) is 0 Å². The third kappa shape index (κ3) is 90.2. The second-order valence-corrected chi connectivity index (χ2v) is 3.41. The highest BCUT2D eigenvalue weighted by Gasteiger charge is 1.81. The van der Waals surface area contributed by atoms with E-state index in [-0.39, 0.29) is 5.97 Å². The van der Waals surface area contributed by atoms with Gasteiger partial charge in [0.15, 0.2) is 0 Å². The van der Waals surface area contributed by atoms with Crippen molar-refractivity contribution in [1.29, 1.82) is 0 Å². The maximum absolute atomic E-state index is 9.82. The Hall–Kier alpha value is -0.620. The zero-order valence-electron chi connectivity index (χ0n) is 6.83. The summed E-state index contributed by atoms with van der Waals surface area (Å²) in [5, 5.41) is 4.33. The summed E-state index contributed by atoms with van der Waals surface area (Å²) < 4.78 is 23.2. The number of nitrogens with two attached hydrogens (primary N) is 1. The van der Waals surface area contributed by atoms with Gasteiger partial charge < -0.3 is 4.74 Å². The summed E-state index contributed by atoms with van der Waals surface area (Å²) in [6, 6.07) is 0. The topological polar surface area (TPSA) is 86.5 Å². The molecule has 0 saturated carbocycles. The minimum atomic E-state index is -3.17. The Labute approximate surface area is 66.6 Å². The van der Waals surface area contributed by atoms with Crippen molar-refractivity contribution in [3.8, 4) is 0 Å². The summed E-state index contributed by atoms with van der Waals surface area (Å²) in [4.78, 5) is 9.82. The molecule has 0 heterocycles. The van der Waals surface area contributed by atoms with E-state index in [4.69, 9.17) is 0 Å². The average Bonchev–Trinajstić information content (AvgIpc) is 1.58. The molecule has 0 aliphatic rings. The van der Waals surface area contributed by atoms with Gasteiger partial charge in [-0.1, -0.05) is 0 Å². The molecule has 5 nitrogen and oxygen atoms in total. The monoisotopic (exact) mass is 183 g/mol. The summed E-state index contributed by atoms with van der Waals surface area (Å²) in [6.07, 6.45) is 0.938. The number of hydrogen-bond acceptors (Lipinski definition) is 4. The van der Waals surface area contributed by atoms with Crippen LogP contribution in [-0.2, 0) is 19.6 Å². The van der Waals surface area contributed by atoms with Crippen LogP contribution >= 0.6 is 0 Å². The van der Waals surface area contributed by atoms with Crippen molar-refractivity contribution >= 4 is 16.0 Å². The molecule has 0 aromatic rings. The Kier molecular flexibility index (Phi) is 7.23. The Balaban J connectivity index is 0. The minimum absolute atomic E-state index is 0.211. The SMILES string of the molecule is CCOC(C)=O.CS(N)(=O)=O. The summed E-state index contributed by atoms with van der Waals surface area (Å²) in [5.74, 6) is -0.211. The number of sulfonamides is 1. The molecule has 0 aromatic carbocycles. The molecule has 0 aromatic heterocycles. The van der Waals surface area contributed by atoms with Crippen molar-refractivity contribution in [1.82, 2.24) is 0 Å². The Morgan fingerprint density at radius 3 is 1.82 bits per heavy atom. The molecule has 0 bridgehead atoms. The Morgan fingerprint density at radius 1 is 1.55 bits per heavy atom. The van der Waals surface area contributed by atoms with Gasteiger partial charge in [-0.05, 0) is 6.92 Å². The first-order valence-corrected chi connectivity index (χ1v) is 4.84. The van der Waals surface area contributed by atoms with Gasteiger partial charge in [-0.15, -0.1) is 0 Å². The predicted molar refractivity (Wildman–Crippen MR) is 41.3 cm³/mol. The largest absolute Gasteiger partial charge is 0.466 e. The second-order valence-electron chi connectivity index (χ2n) is 1.75. The van der Waals surface area contributed by atoms with Gasteiger partial charge in [-0.2, -0.15) is 0 Å². The lowest BCUT2D eigenvalue weighted by molar-refractivity contribution is -0.140. The number of rotatable bonds is 1. The number of esters is 1. The molecule has 0 unspecified atom stereocenters. The number of carbonyl (C=O) groups is 1. The third-order valence-corrected chi connectivity index (χ3v) is 0.348. The van der Waals surface area contributed by atoms with Gasteiger partial charge in [0.2, 0.25) is 10.0 Å². The summed E-state index contributed by atoms with van der Waals surface area (Å²) in [5.41, 5.74) is 0.